The van der Waals surface area contributed by atoms with E-state index in [9.17, 15) is 5.11 Å². The van der Waals surface area contributed by atoms with Gasteiger partial charge in [-0.3, -0.25) is 5.41 Å². The van der Waals surface area contributed by atoms with Crippen LogP contribution >= 0.6 is 0 Å². The average molecular weight is 193 g/mol. The van der Waals surface area contributed by atoms with Crippen LogP contribution in [0.4, 0.5) is 0 Å². The van der Waals surface area contributed by atoms with Gasteiger partial charge in [0, 0.05) is 0 Å². The second kappa shape index (κ2) is 4.62. The lowest BCUT2D eigenvalue weighted by atomic mass is 10.0. The van der Waals surface area contributed by atoms with Crippen molar-refractivity contribution in [2.75, 3.05) is 0 Å². The van der Waals surface area contributed by atoms with Crippen molar-refractivity contribution in [1.82, 2.24) is 5.32 Å². The molecule has 0 bridgehead atoms. The van der Waals surface area contributed by atoms with Gasteiger partial charge in [-0.1, -0.05) is 30.3 Å². The molecule has 1 aromatic carbocycles. The highest BCUT2D eigenvalue weighted by molar-refractivity contribution is 5.74. The van der Waals surface area contributed by atoms with Gasteiger partial charge in [0.2, 0.25) is 0 Å². The Kier molecular flexibility index (Phi) is 3.48. The van der Waals surface area contributed by atoms with Gasteiger partial charge in [0.1, 0.15) is 0 Å². The molecule has 0 aliphatic carbocycles. The van der Waals surface area contributed by atoms with Crippen molar-refractivity contribution >= 4 is 5.96 Å². The zero-order chi connectivity index (χ0) is 10.6. The molecule has 0 radical (unpaired) electrons. The third-order valence-corrected chi connectivity index (χ3v) is 2.00. The van der Waals surface area contributed by atoms with Crippen molar-refractivity contribution in [3.05, 3.63) is 35.9 Å². The lowest BCUT2D eigenvalue weighted by Gasteiger charge is -2.20. The molecule has 0 heterocycles. The number of benzene rings is 1. The Bertz CT molecular complexity index is 299. The normalized spacial score (nSPS) is 14.4. The minimum Gasteiger partial charge on any atom is -0.386 e. The summed E-state index contributed by atoms with van der Waals surface area (Å²) >= 11 is 0. The summed E-state index contributed by atoms with van der Waals surface area (Å²) in [5.74, 6) is -0.132. The Balaban J connectivity index is 2.65. The highest BCUT2D eigenvalue weighted by Crippen LogP contribution is 2.15. The van der Waals surface area contributed by atoms with Gasteiger partial charge in [-0.05, 0) is 12.5 Å². The maximum atomic E-state index is 9.82. The van der Waals surface area contributed by atoms with Gasteiger partial charge in [0.15, 0.2) is 5.96 Å². The lowest BCUT2D eigenvalue weighted by Crippen LogP contribution is -2.40. The number of hydrogen-bond donors (Lipinski definition) is 4. The van der Waals surface area contributed by atoms with E-state index in [4.69, 9.17) is 11.1 Å². The zero-order valence-corrected chi connectivity index (χ0v) is 8.07. The molecule has 0 amide bonds. The van der Waals surface area contributed by atoms with Gasteiger partial charge in [-0.25, -0.2) is 0 Å². The standard InChI is InChI=1S/C10H15N3O/c1-7(13-10(11)12)9(14)8-5-3-2-4-6-8/h2-7,9,14H,1H3,(H4,11,12,13)/t7-,9-/m0/s1. The van der Waals surface area contributed by atoms with E-state index in [1.807, 2.05) is 30.3 Å². The number of guanidine groups is 1. The first-order valence-corrected chi connectivity index (χ1v) is 4.45. The Morgan fingerprint density at radius 1 is 1.43 bits per heavy atom. The maximum absolute atomic E-state index is 9.82. The van der Waals surface area contributed by atoms with Gasteiger partial charge in [0.25, 0.3) is 0 Å². The summed E-state index contributed by atoms with van der Waals surface area (Å²) in [4.78, 5) is 0. The number of rotatable bonds is 3. The molecule has 0 saturated heterocycles. The minimum atomic E-state index is -0.653. The third-order valence-electron chi connectivity index (χ3n) is 2.00. The van der Waals surface area contributed by atoms with Crippen LogP contribution in [0.3, 0.4) is 0 Å². The molecule has 1 rings (SSSR count). The van der Waals surface area contributed by atoms with Crippen LogP contribution in [0.5, 0.6) is 0 Å². The van der Waals surface area contributed by atoms with E-state index in [0.29, 0.717) is 0 Å². The Morgan fingerprint density at radius 3 is 2.50 bits per heavy atom. The number of aliphatic hydroxyl groups is 1. The van der Waals surface area contributed by atoms with E-state index in [0.717, 1.165) is 5.56 Å². The fourth-order valence-electron chi connectivity index (χ4n) is 1.26. The minimum absolute atomic E-state index is 0.132. The monoisotopic (exact) mass is 193 g/mol. The van der Waals surface area contributed by atoms with Gasteiger partial charge in [0.05, 0.1) is 12.1 Å². The van der Waals surface area contributed by atoms with Crippen molar-refractivity contribution in [1.29, 1.82) is 5.41 Å². The molecule has 4 heteroatoms. The van der Waals surface area contributed by atoms with Crippen molar-refractivity contribution < 1.29 is 5.11 Å². The van der Waals surface area contributed by atoms with Crippen molar-refractivity contribution in [2.24, 2.45) is 5.73 Å². The first kappa shape index (κ1) is 10.5. The van der Waals surface area contributed by atoms with Crippen LogP contribution in [0.25, 0.3) is 0 Å². The summed E-state index contributed by atoms with van der Waals surface area (Å²) in [6, 6.07) is 9.01. The highest BCUT2D eigenvalue weighted by atomic mass is 16.3. The fourth-order valence-corrected chi connectivity index (χ4v) is 1.26. The number of nitrogens with one attached hydrogen (secondary N) is 2. The summed E-state index contributed by atoms with van der Waals surface area (Å²) in [7, 11) is 0. The van der Waals surface area contributed by atoms with E-state index in [1.165, 1.54) is 0 Å². The molecule has 5 N–H and O–H groups in total. The average Bonchev–Trinajstić information content (AvgIpc) is 2.17. The molecule has 76 valence electrons. The Hall–Kier alpha value is -1.55. The van der Waals surface area contributed by atoms with Crippen LogP contribution in [0.2, 0.25) is 0 Å². The summed E-state index contributed by atoms with van der Waals surface area (Å²) in [6.45, 7) is 1.78. The van der Waals surface area contributed by atoms with Crippen molar-refractivity contribution in [3.8, 4) is 0 Å². The van der Waals surface area contributed by atoms with Crippen LogP contribution in [0, 0.1) is 5.41 Å². The summed E-state index contributed by atoms with van der Waals surface area (Å²) in [5.41, 5.74) is 5.98. The second-order valence-electron chi connectivity index (χ2n) is 3.20. The predicted molar refractivity (Wildman–Crippen MR) is 55.9 cm³/mol. The highest BCUT2D eigenvalue weighted by Gasteiger charge is 2.15. The first-order valence-electron chi connectivity index (χ1n) is 4.45. The van der Waals surface area contributed by atoms with Crippen molar-refractivity contribution in [2.45, 2.75) is 19.1 Å². The van der Waals surface area contributed by atoms with E-state index < -0.39 is 6.10 Å². The van der Waals surface area contributed by atoms with Gasteiger partial charge < -0.3 is 16.2 Å². The molecule has 0 unspecified atom stereocenters. The topological polar surface area (TPSA) is 82.1 Å². The van der Waals surface area contributed by atoms with Crippen LogP contribution in [-0.4, -0.2) is 17.1 Å². The van der Waals surface area contributed by atoms with Crippen molar-refractivity contribution in [3.63, 3.8) is 0 Å². The van der Waals surface area contributed by atoms with Crippen LogP contribution < -0.4 is 11.1 Å². The second-order valence-corrected chi connectivity index (χ2v) is 3.20. The number of aliphatic hydroxyl groups excluding tert-OH is 1. The number of nitrogens with two attached hydrogens (primary N) is 1. The van der Waals surface area contributed by atoms with Gasteiger partial charge >= 0.3 is 0 Å². The van der Waals surface area contributed by atoms with E-state index in [2.05, 4.69) is 5.32 Å². The molecule has 1 aromatic rings. The smallest absolute Gasteiger partial charge is 0.186 e. The molecule has 2 atom stereocenters. The summed E-state index contributed by atoms with van der Waals surface area (Å²) in [5, 5.41) is 19.5. The quantitative estimate of drug-likeness (QED) is 0.419. The third kappa shape index (κ3) is 2.74. The molecule has 0 fully saturated rings. The van der Waals surface area contributed by atoms with Gasteiger partial charge in [-0.2, -0.15) is 0 Å². The molecule has 0 aliphatic heterocycles. The summed E-state index contributed by atoms with van der Waals surface area (Å²) in [6.07, 6.45) is -0.653. The largest absolute Gasteiger partial charge is 0.386 e. The van der Waals surface area contributed by atoms with E-state index >= 15 is 0 Å². The molecular weight excluding hydrogens is 178 g/mol. The van der Waals surface area contributed by atoms with Crippen LogP contribution in [-0.2, 0) is 0 Å². The molecule has 0 aromatic heterocycles. The SMILES string of the molecule is C[C@H](NC(=N)N)[C@H](O)c1ccccc1. The molecule has 0 spiro atoms. The fraction of sp³-hybridized carbons (Fsp3) is 0.300. The molecule has 0 aliphatic rings. The van der Waals surface area contributed by atoms with Crippen LogP contribution in [0.1, 0.15) is 18.6 Å². The first-order chi connectivity index (χ1) is 6.61. The lowest BCUT2D eigenvalue weighted by molar-refractivity contribution is 0.145. The Morgan fingerprint density at radius 2 is 2.00 bits per heavy atom. The van der Waals surface area contributed by atoms with Crippen LogP contribution in [0.15, 0.2) is 30.3 Å². The molecule has 14 heavy (non-hydrogen) atoms. The number of hydrogen-bond acceptors (Lipinski definition) is 2. The molecule has 4 nitrogen and oxygen atoms in total. The predicted octanol–water partition coefficient (Wildman–Crippen LogP) is 0.592. The van der Waals surface area contributed by atoms with E-state index in [1.54, 1.807) is 6.92 Å². The maximum Gasteiger partial charge on any atom is 0.186 e. The zero-order valence-electron chi connectivity index (χ0n) is 8.07. The molecule has 0 saturated carbocycles. The van der Waals surface area contributed by atoms with Gasteiger partial charge in [-0.15, -0.1) is 0 Å². The summed E-state index contributed by atoms with van der Waals surface area (Å²) < 4.78 is 0. The van der Waals surface area contributed by atoms with E-state index in [-0.39, 0.29) is 12.0 Å². The Labute approximate surface area is 83.3 Å². The molecular formula is C10H15N3O.